The van der Waals surface area contributed by atoms with Crippen molar-refractivity contribution in [3.05, 3.63) is 35.9 Å². The predicted octanol–water partition coefficient (Wildman–Crippen LogP) is -0.0460. The number of nitrogens with two attached hydrogens (primary N) is 1. The van der Waals surface area contributed by atoms with E-state index in [0.29, 0.717) is 0 Å². The van der Waals surface area contributed by atoms with E-state index in [-0.39, 0.29) is 20.2 Å². The minimum absolute atomic E-state index is 0.0142. The third-order valence-electron chi connectivity index (χ3n) is 2.22. The number of esters is 1. The molecule has 0 aliphatic heterocycles. The second-order valence-corrected chi connectivity index (χ2v) is 3.63. The van der Waals surface area contributed by atoms with Gasteiger partial charge in [-0.15, -0.1) is 0 Å². The number of rotatable bonds is 6. The molecule has 6 heteroatoms. The van der Waals surface area contributed by atoms with Gasteiger partial charge in [-0.25, -0.2) is 0 Å². The number of carbonyl (C=O) groups is 2. The van der Waals surface area contributed by atoms with Gasteiger partial charge in [0.2, 0.25) is 0 Å². The van der Waals surface area contributed by atoms with Crippen molar-refractivity contribution in [1.82, 2.24) is 0 Å². The Kier molecular flexibility index (Phi) is 5.22. The topological polar surface area (TPSA) is 89.6 Å². The van der Waals surface area contributed by atoms with Gasteiger partial charge in [-0.05, 0) is 5.56 Å². The molecule has 0 amide bonds. The molecule has 0 bridgehead atoms. The van der Waals surface area contributed by atoms with Crippen LogP contribution in [0.15, 0.2) is 30.3 Å². The molecule has 0 radical (unpaired) electrons. The Hall–Kier alpha value is -1.82. The lowest BCUT2D eigenvalue weighted by molar-refractivity contribution is -0.142. The van der Waals surface area contributed by atoms with Gasteiger partial charge in [-0.1, -0.05) is 30.3 Å². The van der Waals surface area contributed by atoms with Gasteiger partial charge in [-0.2, -0.15) is 0 Å². The Labute approximate surface area is 99.8 Å². The summed E-state index contributed by atoms with van der Waals surface area (Å²) in [7, 11) is 0.0863. The summed E-state index contributed by atoms with van der Waals surface area (Å²) >= 11 is 0. The first-order valence-corrected chi connectivity index (χ1v) is 5.27. The standard InChI is InChI=1S/C11H14BNO4/c13-10(11(15)16)12-6-9(14)17-7-8-4-2-1-3-5-8/h1-5,10,12H,6-7,13H2,(H,15,16)/t10-/m0/s1. The Morgan fingerprint density at radius 3 is 2.59 bits per heavy atom. The molecule has 0 saturated carbocycles. The van der Waals surface area contributed by atoms with Gasteiger partial charge in [0.25, 0.3) is 5.97 Å². The summed E-state index contributed by atoms with van der Waals surface area (Å²) in [4.78, 5) is 21.7. The van der Waals surface area contributed by atoms with E-state index >= 15 is 0 Å². The lowest BCUT2D eigenvalue weighted by Crippen LogP contribution is -2.37. The Morgan fingerprint density at radius 2 is 2.00 bits per heavy atom. The zero-order chi connectivity index (χ0) is 12.7. The fourth-order valence-electron chi connectivity index (χ4n) is 1.21. The second kappa shape index (κ2) is 6.70. The van der Waals surface area contributed by atoms with E-state index in [9.17, 15) is 9.59 Å². The number of hydrogen-bond acceptors (Lipinski definition) is 4. The van der Waals surface area contributed by atoms with Crippen LogP contribution >= 0.6 is 0 Å². The molecular weight excluding hydrogens is 221 g/mol. The third-order valence-corrected chi connectivity index (χ3v) is 2.22. The summed E-state index contributed by atoms with van der Waals surface area (Å²) in [6.07, 6.45) is 0.0142. The van der Waals surface area contributed by atoms with E-state index in [2.05, 4.69) is 0 Å². The molecule has 0 fully saturated rings. The molecule has 0 unspecified atom stereocenters. The first-order chi connectivity index (χ1) is 8.09. The fourth-order valence-corrected chi connectivity index (χ4v) is 1.21. The molecule has 0 aliphatic carbocycles. The first kappa shape index (κ1) is 13.3. The quantitative estimate of drug-likeness (QED) is 0.533. The summed E-state index contributed by atoms with van der Waals surface area (Å²) in [5, 5.41) is 8.53. The van der Waals surface area contributed by atoms with Crippen LogP contribution in [0.1, 0.15) is 5.56 Å². The number of carbonyl (C=O) groups excluding carboxylic acids is 1. The second-order valence-electron chi connectivity index (χ2n) is 3.63. The van der Waals surface area contributed by atoms with Crippen LogP contribution in [0.5, 0.6) is 0 Å². The van der Waals surface area contributed by atoms with Crippen molar-refractivity contribution in [3.8, 4) is 0 Å². The maximum atomic E-state index is 11.3. The molecule has 3 N–H and O–H groups in total. The highest BCUT2D eigenvalue weighted by atomic mass is 16.5. The highest BCUT2D eigenvalue weighted by molar-refractivity contribution is 6.47. The lowest BCUT2D eigenvalue weighted by atomic mass is 9.67. The molecule has 0 aliphatic rings. The van der Waals surface area contributed by atoms with Gasteiger partial charge in [0.05, 0.1) is 5.94 Å². The van der Waals surface area contributed by atoms with Gasteiger partial charge in [-0.3, -0.25) is 9.59 Å². The van der Waals surface area contributed by atoms with E-state index in [4.69, 9.17) is 15.6 Å². The minimum atomic E-state index is -1.11. The molecule has 0 aromatic heterocycles. The SMILES string of the molecule is N[C@H](BCC(=O)OCc1ccccc1)C(=O)O. The van der Waals surface area contributed by atoms with Gasteiger partial charge < -0.3 is 15.6 Å². The number of aliphatic carboxylic acids is 1. The highest BCUT2D eigenvalue weighted by Crippen LogP contribution is 2.01. The van der Waals surface area contributed by atoms with Crippen molar-refractivity contribution in [2.75, 3.05) is 0 Å². The molecule has 90 valence electrons. The van der Waals surface area contributed by atoms with Crippen LogP contribution in [0.2, 0.25) is 6.32 Å². The number of carboxylic acids is 1. The van der Waals surface area contributed by atoms with E-state index in [0.717, 1.165) is 5.56 Å². The molecule has 17 heavy (non-hydrogen) atoms. The van der Waals surface area contributed by atoms with E-state index in [1.54, 1.807) is 0 Å². The molecule has 0 saturated heterocycles. The van der Waals surface area contributed by atoms with Crippen LogP contribution in [0.3, 0.4) is 0 Å². The van der Waals surface area contributed by atoms with Crippen LogP contribution in [-0.4, -0.2) is 30.3 Å². The number of hydrogen-bond donors (Lipinski definition) is 2. The largest absolute Gasteiger partial charge is 0.481 e. The van der Waals surface area contributed by atoms with Gasteiger partial charge in [0.1, 0.15) is 6.61 Å². The third kappa shape index (κ3) is 5.17. The molecule has 0 heterocycles. The maximum Gasteiger partial charge on any atom is 0.312 e. The van der Waals surface area contributed by atoms with Crippen molar-refractivity contribution in [2.45, 2.75) is 18.9 Å². The molecule has 1 atom stereocenters. The van der Waals surface area contributed by atoms with Crippen LogP contribution in [0.4, 0.5) is 0 Å². The number of carboxylic acid groups (broad SMARTS) is 1. The minimum Gasteiger partial charge on any atom is -0.481 e. The maximum absolute atomic E-state index is 11.3. The summed E-state index contributed by atoms with van der Waals surface area (Å²) in [5.74, 6) is -2.56. The zero-order valence-electron chi connectivity index (χ0n) is 9.33. The monoisotopic (exact) mass is 235 g/mol. The van der Waals surface area contributed by atoms with Gasteiger partial charge in [0.15, 0.2) is 7.28 Å². The summed E-state index contributed by atoms with van der Waals surface area (Å²) in [6.45, 7) is 0.196. The van der Waals surface area contributed by atoms with Gasteiger partial charge >= 0.3 is 5.97 Å². The number of benzene rings is 1. The van der Waals surface area contributed by atoms with E-state index in [1.165, 1.54) is 0 Å². The fraction of sp³-hybridized carbons (Fsp3) is 0.273. The summed E-state index contributed by atoms with van der Waals surface area (Å²) < 4.78 is 4.97. The molecule has 5 nitrogen and oxygen atoms in total. The number of ether oxygens (including phenoxy) is 1. The Morgan fingerprint density at radius 1 is 1.35 bits per heavy atom. The van der Waals surface area contributed by atoms with Crippen LogP contribution < -0.4 is 5.73 Å². The smallest absolute Gasteiger partial charge is 0.312 e. The highest BCUT2D eigenvalue weighted by Gasteiger charge is 2.15. The van der Waals surface area contributed by atoms with Crippen molar-refractivity contribution in [3.63, 3.8) is 0 Å². The van der Waals surface area contributed by atoms with Crippen molar-refractivity contribution >= 4 is 19.2 Å². The zero-order valence-corrected chi connectivity index (χ0v) is 9.33. The molecule has 1 aromatic carbocycles. The normalized spacial score (nSPS) is 11.6. The van der Waals surface area contributed by atoms with Crippen LogP contribution in [0, 0.1) is 0 Å². The van der Waals surface area contributed by atoms with Crippen LogP contribution in [0.25, 0.3) is 0 Å². The van der Waals surface area contributed by atoms with E-state index in [1.807, 2.05) is 30.3 Å². The Bertz CT molecular complexity index is 382. The van der Waals surface area contributed by atoms with Crippen molar-refractivity contribution in [1.29, 1.82) is 0 Å². The molecular formula is C11H14BNO4. The van der Waals surface area contributed by atoms with Gasteiger partial charge in [0, 0.05) is 6.32 Å². The average molecular weight is 235 g/mol. The van der Waals surface area contributed by atoms with Crippen LogP contribution in [-0.2, 0) is 20.9 Å². The van der Waals surface area contributed by atoms with Crippen molar-refractivity contribution in [2.24, 2.45) is 5.73 Å². The first-order valence-electron chi connectivity index (χ1n) is 5.27. The predicted molar refractivity (Wildman–Crippen MR) is 63.8 cm³/mol. The Balaban J connectivity index is 2.24. The molecule has 1 aromatic rings. The van der Waals surface area contributed by atoms with Crippen molar-refractivity contribution < 1.29 is 19.4 Å². The molecule has 1 rings (SSSR count). The van der Waals surface area contributed by atoms with E-state index < -0.39 is 17.9 Å². The molecule has 0 spiro atoms. The summed E-state index contributed by atoms with van der Waals surface area (Å²) in [6, 6.07) is 9.26. The lowest BCUT2D eigenvalue weighted by Gasteiger charge is -2.06. The average Bonchev–Trinajstić information content (AvgIpc) is 2.34. The summed E-state index contributed by atoms with van der Waals surface area (Å²) in [5.41, 5.74) is 6.16.